The fraction of sp³-hybridized carbons (Fsp3) is 0.438. The largest absolute Gasteiger partial charge is 0.481 e. The van der Waals surface area contributed by atoms with Crippen LogP contribution >= 0.6 is 0 Å². The Morgan fingerprint density at radius 1 is 1.23 bits per heavy atom. The fourth-order valence-corrected chi connectivity index (χ4v) is 2.16. The summed E-state index contributed by atoms with van der Waals surface area (Å²) in [5, 5.41) is 26.8. The van der Waals surface area contributed by atoms with Crippen molar-refractivity contribution in [2.45, 2.75) is 32.1 Å². The number of benzene rings is 1. The molecule has 0 fully saturated rings. The van der Waals surface area contributed by atoms with Gasteiger partial charge in [0.1, 0.15) is 5.75 Å². The number of carboxylic acids is 2. The number of esters is 1. The molecule has 1 aromatic rings. The minimum atomic E-state index is -1.26. The first kappa shape index (κ1) is 20.9. The van der Waals surface area contributed by atoms with E-state index in [4.69, 9.17) is 14.9 Å². The summed E-state index contributed by atoms with van der Waals surface area (Å²) in [7, 11) is 0. The number of rotatable bonds is 12. The number of hydrogen-bond donors (Lipinski definition) is 2. The van der Waals surface area contributed by atoms with Gasteiger partial charge in [-0.1, -0.05) is 12.1 Å². The van der Waals surface area contributed by atoms with Crippen LogP contribution in [-0.2, 0) is 25.6 Å². The Bertz CT molecular complexity index is 659. The van der Waals surface area contributed by atoms with Crippen LogP contribution in [0.3, 0.4) is 0 Å². The molecule has 0 saturated heterocycles. The fourth-order valence-electron chi connectivity index (χ4n) is 2.16. The summed E-state index contributed by atoms with van der Waals surface area (Å²) in [5.41, 5.74) is 0.767. The average molecular weight is 369 g/mol. The van der Waals surface area contributed by atoms with E-state index in [0.717, 1.165) is 5.56 Å². The summed E-state index contributed by atoms with van der Waals surface area (Å²) in [6, 6.07) is 6.46. The van der Waals surface area contributed by atoms with Gasteiger partial charge in [0.05, 0.1) is 18.9 Å². The van der Waals surface area contributed by atoms with Crippen molar-refractivity contribution in [1.82, 2.24) is 0 Å². The third-order valence-corrected chi connectivity index (χ3v) is 3.41. The van der Waals surface area contributed by atoms with Gasteiger partial charge in [0, 0.05) is 6.42 Å². The molecular formula is C16H19NO9. The Kier molecular flexibility index (Phi) is 8.55. The molecule has 0 aliphatic carbocycles. The standard InChI is InChI=1S/C16H19NO9/c18-14(19)7-6-12(16(21)22)10-15(20)26-13-5-1-3-11(9-13)4-2-8-25-17(23)24/h1,3,5,9,12H,2,4,6-8,10H2,(H,18,19)(H,21,22). The monoisotopic (exact) mass is 369 g/mol. The Morgan fingerprint density at radius 3 is 2.58 bits per heavy atom. The number of carboxylic acid groups (broad SMARTS) is 2. The van der Waals surface area contributed by atoms with Crippen molar-refractivity contribution < 1.29 is 39.3 Å². The van der Waals surface area contributed by atoms with E-state index in [1.54, 1.807) is 18.2 Å². The zero-order valence-electron chi connectivity index (χ0n) is 13.8. The second-order valence-electron chi connectivity index (χ2n) is 5.45. The normalized spacial score (nSPS) is 11.4. The molecule has 0 amide bonds. The number of aryl methyl sites for hydroxylation is 1. The lowest BCUT2D eigenvalue weighted by molar-refractivity contribution is -0.757. The SMILES string of the molecule is O=C(O)CCC(CC(=O)Oc1cccc(CCCO[N+](=O)[O-])c1)C(=O)O. The molecule has 26 heavy (non-hydrogen) atoms. The molecule has 1 rings (SSSR count). The Morgan fingerprint density at radius 2 is 1.96 bits per heavy atom. The summed E-state index contributed by atoms with van der Waals surface area (Å²) in [6.45, 7) is -0.0547. The van der Waals surface area contributed by atoms with Crippen molar-refractivity contribution in [3.63, 3.8) is 0 Å². The summed E-state index contributed by atoms with van der Waals surface area (Å²) in [4.78, 5) is 47.8. The molecule has 142 valence electrons. The van der Waals surface area contributed by atoms with Crippen molar-refractivity contribution in [3.8, 4) is 5.75 Å². The molecule has 0 radical (unpaired) electrons. The highest BCUT2D eigenvalue weighted by atomic mass is 16.9. The van der Waals surface area contributed by atoms with E-state index in [-0.39, 0.29) is 25.2 Å². The van der Waals surface area contributed by atoms with Crippen LogP contribution in [0.15, 0.2) is 24.3 Å². The molecule has 1 atom stereocenters. The van der Waals surface area contributed by atoms with Gasteiger partial charge in [0.25, 0.3) is 5.09 Å². The van der Waals surface area contributed by atoms with Crippen LogP contribution in [0.25, 0.3) is 0 Å². The Balaban J connectivity index is 2.54. The lowest BCUT2D eigenvalue weighted by atomic mass is 10.00. The van der Waals surface area contributed by atoms with Gasteiger partial charge in [-0.15, -0.1) is 10.1 Å². The molecule has 2 N–H and O–H groups in total. The molecule has 0 bridgehead atoms. The molecule has 0 aliphatic rings. The van der Waals surface area contributed by atoms with Crippen molar-refractivity contribution in [2.75, 3.05) is 6.61 Å². The first-order chi connectivity index (χ1) is 12.3. The predicted molar refractivity (Wildman–Crippen MR) is 86.0 cm³/mol. The quantitative estimate of drug-likeness (QED) is 0.184. The van der Waals surface area contributed by atoms with Crippen LogP contribution in [0.2, 0.25) is 0 Å². The number of ether oxygens (including phenoxy) is 1. The summed E-state index contributed by atoms with van der Waals surface area (Å²) >= 11 is 0. The molecule has 1 aromatic carbocycles. The maximum Gasteiger partial charge on any atom is 0.312 e. The highest BCUT2D eigenvalue weighted by Crippen LogP contribution is 2.18. The van der Waals surface area contributed by atoms with Gasteiger partial charge in [-0.25, -0.2) is 0 Å². The molecule has 10 nitrogen and oxygen atoms in total. The molecule has 0 aliphatic heterocycles. The van der Waals surface area contributed by atoms with Gasteiger partial charge in [-0.2, -0.15) is 0 Å². The maximum absolute atomic E-state index is 11.9. The van der Waals surface area contributed by atoms with Crippen LogP contribution < -0.4 is 4.74 Å². The Hall–Kier alpha value is -3.17. The topological polar surface area (TPSA) is 153 Å². The smallest absolute Gasteiger partial charge is 0.312 e. The molecule has 0 spiro atoms. The summed E-state index contributed by atoms with van der Waals surface area (Å²) in [6.07, 6.45) is -0.101. The van der Waals surface area contributed by atoms with Crippen molar-refractivity contribution in [2.24, 2.45) is 5.92 Å². The van der Waals surface area contributed by atoms with Crippen LogP contribution in [0.1, 0.15) is 31.2 Å². The van der Waals surface area contributed by atoms with Gasteiger partial charge in [0.15, 0.2) is 0 Å². The van der Waals surface area contributed by atoms with E-state index in [0.29, 0.717) is 12.8 Å². The number of nitrogens with zero attached hydrogens (tertiary/aromatic N) is 1. The van der Waals surface area contributed by atoms with Crippen molar-refractivity contribution in [1.29, 1.82) is 0 Å². The first-order valence-electron chi connectivity index (χ1n) is 7.79. The lowest BCUT2D eigenvalue weighted by Crippen LogP contribution is -2.21. The van der Waals surface area contributed by atoms with Gasteiger partial charge < -0.3 is 19.8 Å². The first-order valence-corrected chi connectivity index (χ1v) is 7.79. The minimum absolute atomic E-state index is 0.0547. The Labute approximate surface area is 148 Å². The average Bonchev–Trinajstić information content (AvgIpc) is 2.55. The zero-order chi connectivity index (χ0) is 19.5. The van der Waals surface area contributed by atoms with E-state index in [2.05, 4.69) is 4.84 Å². The summed E-state index contributed by atoms with van der Waals surface area (Å²) < 4.78 is 5.10. The highest BCUT2D eigenvalue weighted by molar-refractivity contribution is 5.80. The van der Waals surface area contributed by atoms with E-state index in [1.165, 1.54) is 6.07 Å². The van der Waals surface area contributed by atoms with Crippen LogP contribution in [0.4, 0.5) is 0 Å². The van der Waals surface area contributed by atoms with Crippen LogP contribution in [0, 0.1) is 16.0 Å². The van der Waals surface area contributed by atoms with Gasteiger partial charge in [-0.05, 0) is 37.0 Å². The second-order valence-corrected chi connectivity index (χ2v) is 5.45. The third-order valence-electron chi connectivity index (χ3n) is 3.41. The molecular weight excluding hydrogens is 350 g/mol. The minimum Gasteiger partial charge on any atom is -0.481 e. The van der Waals surface area contributed by atoms with Crippen LogP contribution in [0.5, 0.6) is 5.75 Å². The molecule has 0 heterocycles. The zero-order valence-corrected chi connectivity index (χ0v) is 13.8. The molecule has 0 aromatic heterocycles. The third kappa shape index (κ3) is 8.62. The predicted octanol–water partition coefficient (Wildman–Crippen LogP) is 1.69. The maximum atomic E-state index is 11.9. The van der Waals surface area contributed by atoms with Crippen LogP contribution in [-0.4, -0.2) is 39.8 Å². The van der Waals surface area contributed by atoms with Gasteiger partial charge >= 0.3 is 17.9 Å². The van der Waals surface area contributed by atoms with E-state index in [1.807, 2.05) is 0 Å². The number of carbonyl (C=O) groups is 3. The second kappa shape index (κ2) is 10.6. The number of aliphatic carboxylic acids is 2. The molecule has 10 heteroatoms. The number of hydrogen-bond acceptors (Lipinski definition) is 7. The van der Waals surface area contributed by atoms with Gasteiger partial charge in [-0.3, -0.25) is 14.4 Å². The van der Waals surface area contributed by atoms with Crippen molar-refractivity contribution >= 4 is 17.9 Å². The van der Waals surface area contributed by atoms with E-state index in [9.17, 15) is 24.5 Å². The van der Waals surface area contributed by atoms with E-state index >= 15 is 0 Å². The highest BCUT2D eigenvalue weighted by Gasteiger charge is 2.23. The van der Waals surface area contributed by atoms with Crippen molar-refractivity contribution in [3.05, 3.63) is 39.9 Å². The number of carbonyl (C=O) groups excluding carboxylic acids is 1. The molecule has 1 unspecified atom stereocenters. The lowest BCUT2D eigenvalue weighted by Gasteiger charge is -2.11. The molecule has 0 saturated carbocycles. The van der Waals surface area contributed by atoms with E-state index < -0.39 is 35.3 Å². The van der Waals surface area contributed by atoms with Gasteiger partial charge in [0.2, 0.25) is 0 Å². The summed E-state index contributed by atoms with van der Waals surface area (Å²) in [5.74, 6) is -4.11.